The molecule has 6 nitrogen and oxygen atoms in total. The summed E-state index contributed by atoms with van der Waals surface area (Å²) in [6, 6.07) is 16.0. The quantitative estimate of drug-likeness (QED) is 0.753. The first kappa shape index (κ1) is 16.8. The molecule has 6 heteroatoms. The second-order valence-corrected chi connectivity index (χ2v) is 6.00. The largest absolute Gasteiger partial charge is 0.371 e. The minimum absolute atomic E-state index is 0.363. The van der Waals surface area contributed by atoms with Crippen LogP contribution in [0.15, 0.2) is 54.6 Å². The molecule has 25 heavy (non-hydrogen) atoms. The van der Waals surface area contributed by atoms with Crippen LogP contribution in [-0.2, 0) is 0 Å². The molecule has 2 aromatic carbocycles. The van der Waals surface area contributed by atoms with Crippen molar-refractivity contribution in [2.24, 2.45) is 0 Å². The fraction of sp³-hybridized carbons (Fsp3) is 0.263. The third-order valence-corrected chi connectivity index (χ3v) is 4.15. The third-order valence-electron chi connectivity index (χ3n) is 4.15. The van der Waals surface area contributed by atoms with Gasteiger partial charge in [0, 0.05) is 30.0 Å². The Morgan fingerprint density at radius 3 is 2.36 bits per heavy atom. The highest BCUT2D eigenvalue weighted by molar-refractivity contribution is 5.97. The lowest BCUT2D eigenvalue weighted by Gasteiger charge is -2.29. The number of piperidine rings is 1. The highest BCUT2D eigenvalue weighted by Crippen LogP contribution is 2.22. The topological polar surface area (TPSA) is 73.5 Å². The van der Waals surface area contributed by atoms with E-state index in [2.05, 4.69) is 21.1 Å². The van der Waals surface area contributed by atoms with Crippen LogP contribution >= 0.6 is 0 Å². The summed E-state index contributed by atoms with van der Waals surface area (Å²) >= 11 is 0. The molecule has 0 bridgehead atoms. The average Bonchev–Trinajstić information content (AvgIpc) is 2.68. The van der Waals surface area contributed by atoms with Crippen molar-refractivity contribution < 1.29 is 9.59 Å². The van der Waals surface area contributed by atoms with Crippen LogP contribution in [-0.4, -0.2) is 25.0 Å². The summed E-state index contributed by atoms with van der Waals surface area (Å²) in [4.78, 5) is 26.2. The van der Waals surface area contributed by atoms with Gasteiger partial charge in [-0.25, -0.2) is 10.2 Å². The Labute approximate surface area is 147 Å². The molecule has 130 valence electrons. The van der Waals surface area contributed by atoms with Crippen LogP contribution in [0.4, 0.5) is 16.2 Å². The van der Waals surface area contributed by atoms with Crippen molar-refractivity contribution in [3.05, 3.63) is 60.2 Å². The van der Waals surface area contributed by atoms with Crippen LogP contribution in [0.1, 0.15) is 29.6 Å². The van der Waals surface area contributed by atoms with Gasteiger partial charge in [0.2, 0.25) is 0 Å². The van der Waals surface area contributed by atoms with E-state index in [1.807, 2.05) is 30.3 Å². The fourth-order valence-electron chi connectivity index (χ4n) is 2.87. The second kappa shape index (κ2) is 8.19. The van der Waals surface area contributed by atoms with Crippen molar-refractivity contribution in [1.29, 1.82) is 0 Å². The number of hydrazine groups is 1. The summed E-state index contributed by atoms with van der Waals surface area (Å²) in [6.45, 7) is 2.09. The van der Waals surface area contributed by atoms with E-state index >= 15 is 0 Å². The maximum Gasteiger partial charge on any atom is 0.337 e. The molecule has 0 atom stereocenters. The number of carbonyl (C=O) groups is 2. The van der Waals surface area contributed by atoms with Gasteiger partial charge in [-0.3, -0.25) is 10.2 Å². The van der Waals surface area contributed by atoms with Gasteiger partial charge in [0.15, 0.2) is 0 Å². The zero-order valence-electron chi connectivity index (χ0n) is 14.0. The van der Waals surface area contributed by atoms with Gasteiger partial charge in [0.25, 0.3) is 5.91 Å². The van der Waals surface area contributed by atoms with E-state index in [1.165, 1.54) is 19.3 Å². The molecule has 3 rings (SSSR count). The number of nitrogens with zero attached hydrogens (tertiary/aromatic N) is 1. The smallest absolute Gasteiger partial charge is 0.337 e. The predicted octanol–water partition coefficient (Wildman–Crippen LogP) is 3.14. The van der Waals surface area contributed by atoms with Crippen LogP contribution in [0.3, 0.4) is 0 Å². The van der Waals surface area contributed by atoms with Crippen molar-refractivity contribution in [2.75, 3.05) is 23.3 Å². The first-order chi connectivity index (χ1) is 12.2. The number of rotatable bonds is 3. The molecule has 0 aliphatic carbocycles. The van der Waals surface area contributed by atoms with Crippen LogP contribution in [0, 0.1) is 0 Å². The molecule has 1 fully saturated rings. The van der Waals surface area contributed by atoms with Crippen molar-refractivity contribution in [3.8, 4) is 0 Å². The summed E-state index contributed by atoms with van der Waals surface area (Å²) in [5.74, 6) is -0.363. The predicted molar refractivity (Wildman–Crippen MR) is 98.6 cm³/mol. The molecule has 1 aliphatic heterocycles. The molecule has 1 saturated heterocycles. The Bertz CT molecular complexity index is 727. The SMILES string of the molecule is O=C(NNC(=O)c1ccccc1)Nc1cccc(N2CCCCC2)c1. The van der Waals surface area contributed by atoms with E-state index < -0.39 is 6.03 Å². The third kappa shape index (κ3) is 4.73. The van der Waals surface area contributed by atoms with Gasteiger partial charge in [-0.1, -0.05) is 24.3 Å². The standard InChI is InChI=1S/C19H22N4O2/c24-18(15-8-3-1-4-9-15)21-22-19(25)20-16-10-7-11-17(14-16)23-12-5-2-6-13-23/h1,3-4,7-11,14H,2,5-6,12-13H2,(H,21,24)(H2,20,22,25). The van der Waals surface area contributed by atoms with Crippen molar-refractivity contribution in [1.82, 2.24) is 10.9 Å². The molecule has 0 unspecified atom stereocenters. The number of anilines is 2. The molecule has 1 aliphatic rings. The first-order valence-electron chi connectivity index (χ1n) is 8.50. The van der Waals surface area contributed by atoms with Gasteiger partial charge in [-0.2, -0.15) is 0 Å². The summed E-state index contributed by atoms with van der Waals surface area (Å²) in [7, 11) is 0. The molecular weight excluding hydrogens is 316 g/mol. The van der Waals surface area contributed by atoms with Crippen molar-refractivity contribution >= 4 is 23.3 Å². The molecule has 0 aromatic heterocycles. The normalized spacial score (nSPS) is 13.8. The van der Waals surface area contributed by atoms with Crippen LogP contribution in [0.25, 0.3) is 0 Å². The van der Waals surface area contributed by atoms with Crippen LogP contribution in [0.2, 0.25) is 0 Å². The monoisotopic (exact) mass is 338 g/mol. The Kier molecular flexibility index (Phi) is 5.51. The summed E-state index contributed by atoms with van der Waals surface area (Å²) in [5.41, 5.74) is 7.02. The molecule has 2 aromatic rings. The number of carbonyl (C=O) groups excluding carboxylic acids is 2. The molecule has 1 heterocycles. The zero-order valence-corrected chi connectivity index (χ0v) is 14.0. The van der Waals surface area contributed by atoms with Gasteiger partial charge in [0.1, 0.15) is 0 Å². The lowest BCUT2D eigenvalue weighted by atomic mass is 10.1. The van der Waals surface area contributed by atoms with Gasteiger partial charge in [-0.05, 0) is 49.6 Å². The van der Waals surface area contributed by atoms with Gasteiger partial charge < -0.3 is 10.2 Å². The van der Waals surface area contributed by atoms with Gasteiger partial charge in [0.05, 0.1) is 0 Å². The van der Waals surface area contributed by atoms with Gasteiger partial charge >= 0.3 is 6.03 Å². The average molecular weight is 338 g/mol. The Hall–Kier alpha value is -3.02. The van der Waals surface area contributed by atoms with Crippen LogP contribution in [0.5, 0.6) is 0 Å². The number of amides is 3. The highest BCUT2D eigenvalue weighted by Gasteiger charge is 2.12. The molecule has 0 saturated carbocycles. The Balaban J connectivity index is 1.53. The zero-order chi connectivity index (χ0) is 17.5. The van der Waals surface area contributed by atoms with E-state index in [4.69, 9.17) is 0 Å². The fourth-order valence-corrected chi connectivity index (χ4v) is 2.87. The van der Waals surface area contributed by atoms with E-state index in [1.54, 1.807) is 24.3 Å². The second-order valence-electron chi connectivity index (χ2n) is 6.00. The summed E-state index contributed by atoms with van der Waals surface area (Å²) < 4.78 is 0. The van der Waals surface area contributed by atoms with E-state index in [0.29, 0.717) is 11.3 Å². The highest BCUT2D eigenvalue weighted by atomic mass is 16.2. The lowest BCUT2D eigenvalue weighted by molar-refractivity contribution is 0.0938. The lowest BCUT2D eigenvalue weighted by Crippen LogP contribution is -2.43. The summed E-state index contributed by atoms with van der Waals surface area (Å²) in [5, 5.41) is 2.74. The number of hydrogen-bond acceptors (Lipinski definition) is 3. The van der Waals surface area contributed by atoms with Crippen molar-refractivity contribution in [3.63, 3.8) is 0 Å². The maximum atomic E-state index is 12.0. The minimum Gasteiger partial charge on any atom is -0.371 e. The Morgan fingerprint density at radius 1 is 0.840 bits per heavy atom. The molecule has 0 spiro atoms. The number of benzene rings is 2. The van der Waals surface area contributed by atoms with E-state index in [9.17, 15) is 9.59 Å². The van der Waals surface area contributed by atoms with Gasteiger partial charge in [-0.15, -0.1) is 0 Å². The van der Waals surface area contributed by atoms with E-state index in [-0.39, 0.29) is 5.91 Å². The van der Waals surface area contributed by atoms with Crippen molar-refractivity contribution in [2.45, 2.75) is 19.3 Å². The summed E-state index contributed by atoms with van der Waals surface area (Å²) in [6.07, 6.45) is 3.67. The maximum absolute atomic E-state index is 12.0. The molecule has 3 N–H and O–H groups in total. The number of hydrogen-bond donors (Lipinski definition) is 3. The van der Waals surface area contributed by atoms with Crippen LogP contribution < -0.4 is 21.1 Å². The molecular formula is C19H22N4O2. The Morgan fingerprint density at radius 2 is 1.60 bits per heavy atom. The molecule has 0 radical (unpaired) electrons. The first-order valence-corrected chi connectivity index (χ1v) is 8.50. The van der Waals surface area contributed by atoms with E-state index in [0.717, 1.165) is 18.8 Å². The molecule has 3 amide bonds. The number of nitrogens with one attached hydrogen (secondary N) is 3. The minimum atomic E-state index is -0.486. The number of urea groups is 1.